The van der Waals surface area contributed by atoms with E-state index in [2.05, 4.69) is 139 Å². The average Bonchev–Trinajstić information content (AvgIpc) is 3.83. The van der Waals surface area contributed by atoms with Crippen molar-refractivity contribution >= 4 is 55.5 Å². The number of benzene rings is 8. The highest BCUT2D eigenvalue weighted by Gasteiger charge is 2.28. The quantitative estimate of drug-likeness (QED) is 0.190. The molecule has 10 aromatic rings. The molecule has 1 aliphatic heterocycles. The van der Waals surface area contributed by atoms with Gasteiger partial charge in [0.1, 0.15) is 34.0 Å². The van der Waals surface area contributed by atoms with Crippen molar-refractivity contribution in [2.75, 3.05) is 0 Å². The fourth-order valence-corrected chi connectivity index (χ4v) is 9.42. The van der Waals surface area contributed by atoms with Crippen LogP contribution in [0.1, 0.15) is 51.9 Å². The van der Waals surface area contributed by atoms with Gasteiger partial charge in [0.05, 0.1) is 0 Å². The van der Waals surface area contributed by atoms with E-state index in [-0.39, 0.29) is 5.92 Å². The number of furan rings is 2. The minimum Gasteiger partial charge on any atom is -0.456 e. The van der Waals surface area contributed by atoms with E-state index >= 15 is 0 Å². The molecule has 0 saturated heterocycles. The molecule has 0 bridgehead atoms. The summed E-state index contributed by atoms with van der Waals surface area (Å²) < 4.78 is 13.2. The molecular formula is C54H37N3O2. The fraction of sp³-hybridized carbons (Fsp3) is 0.0741. The number of fused-ring (bicyclic) bond motifs is 10. The zero-order valence-corrected chi connectivity index (χ0v) is 32.1. The normalized spacial score (nSPS) is 15.4. The van der Waals surface area contributed by atoms with Crippen molar-refractivity contribution in [3.63, 3.8) is 0 Å². The highest BCUT2D eigenvalue weighted by atomic mass is 16.3. The monoisotopic (exact) mass is 759 g/mol. The Hall–Kier alpha value is -7.50. The molecule has 0 saturated carbocycles. The Kier molecular flexibility index (Phi) is 7.73. The van der Waals surface area contributed by atoms with Gasteiger partial charge in [0, 0.05) is 49.7 Å². The summed E-state index contributed by atoms with van der Waals surface area (Å²) in [5.74, 6) is 1.82. The number of aryl methyl sites for hydroxylation is 1. The number of rotatable bonds is 5. The average molecular weight is 760 g/mol. The molecule has 3 heterocycles. The van der Waals surface area contributed by atoms with Gasteiger partial charge in [-0.1, -0.05) is 146 Å². The van der Waals surface area contributed by atoms with E-state index in [4.69, 9.17) is 18.8 Å². The van der Waals surface area contributed by atoms with Crippen LogP contribution in [0.15, 0.2) is 201 Å². The van der Waals surface area contributed by atoms with Crippen LogP contribution in [0.5, 0.6) is 0 Å². The van der Waals surface area contributed by atoms with Gasteiger partial charge < -0.3 is 14.2 Å². The van der Waals surface area contributed by atoms with Crippen molar-refractivity contribution in [1.82, 2.24) is 5.32 Å². The van der Waals surface area contributed by atoms with Crippen molar-refractivity contribution in [2.45, 2.75) is 24.9 Å². The Balaban J connectivity index is 1.02. The van der Waals surface area contributed by atoms with Crippen LogP contribution in [0.3, 0.4) is 0 Å². The molecule has 1 unspecified atom stereocenters. The molecule has 0 fully saturated rings. The maximum atomic E-state index is 6.65. The van der Waals surface area contributed by atoms with Crippen molar-refractivity contribution < 1.29 is 8.83 Å². The summed E-state index contributed by atoms with van der Waals surface area (Å²) in [5, 5.41) is 7.94. The highest BCUT2D eigenvalue weighted by molar-refractivity contribution is 6.16. The van der Waals surface area contributed by atoms with E-state index in [0.717, 1.165) is 90.8 Å². The Morgan fingerprint density at radius 3 is 1.90 bits per heavy atom. The van der Waals surface area contributed by atoms with Crippen molar-refractivity contribution in [1.29, 1.82) is 0 Å². The molecule has 1 N–H and O–H groups in total. The summed E-state index contributed by atoms with van der Waals surface area (Å²) in [6.07, 6.45) is 1.43. The number of nitrogens with one attached hydrogen (secondary N) is 1. The predicted molar refractivity (Wildman–Crippen MR) is 240 cm³/mol. The van der Waals surface area contributed by atoms with Gasteiger partial charge in [0.15, 0.2) is 6.17 Å². The Labute approximate surface area is 341 Å². The predicted octanol–water partition coefficient (Wildman–Crippen LogP) is 13.4. The summed E-state index contributed by atoms with van der Waals surface area (Å²) in [4.78, 5) is 10.5. The van der Waals surface area contributed by atoms with Crippen LogP contribution >= 0.6 is 0 Å². The molecule has 1 aliphatic carbocycles. The third-order valence-corrected chi connectivity index (χ3v) is 12.2. The minimum absolute atomic E-state index is 0.252. The van der Waals surface area contributed by atoms with Crippen LogP contribution in [0, 0.1) is 0 Å². The van der Waals surface area contributed by atoms with Gasteiger partial charge in [0.2, 0.25) is 0 Å². The molecule has 2 aliphatic rings. The largest absolute Gasteiger partial charge is 0.456 e. The van der Waals surface area contributed by atoms with Crippen LogP contribution in [-0.2, 0) is 6.42 Å². The summed E-state index contributed by atoms with van der Waals surface area (Å²) in [5.41, 5.74) is 15.3. The van der Waals surface area contributed by atoms with E-state index in [0.29, 0.717) is 0 Å². The second-order valence-electron chi connectivity index (χ2n) is 15.6. The molecule has 12 rings (SSSR count). The summed E-state index contributed by atoms with van der Waals surface area (Å²) in [6, 6.07) is 64.3. The maximum absolute atomic E-state index is 6.65. The van der Waals surface area contributed by atoms with Gasteiger partial charge in [-0.2, -0.15) is 0 Å². The Morgan fingerprint density at radius 1 is 0.458 bits per heavy atom. The lowest BCUT2D eigenvalue weighted by Crippen LogP contribution is -2.36. The highest BCUT2D eigenvalue weighted by Crippen LogP contribution is 2.47. The van der Waals surface area contributed by atoms with Gasteiger partial charge in [-0.15, -0.1) is 0 Å². The lowest BCUT2D eigenvalue weighted by molar-refractivity contribution is 0.655. The summed E-state index contributed by atoms with van der Waals surface area (Å²) in [6.45, 7) is 0. The molecule has 0 amide bonds. The molecule has 5 heteroatoms. The Morgan fingerprint density at radius 2 is 1.12 bits per heavy atom. The third kappa shape index (κ3) is 5.61. The van der Waals surface area contributed by atoms with Crippen LogP contribution in [0.4, 0.5) is 0 Å². The molecule has 1 atom stereocenters. The topological polar surface area (TPSA) is 63.0 Å². The van der Waals surface area contributed by atoms with Gasteiger partial charge in [-0.3, -0.25) is 0 Å². The summed E-state index contributed by atoms with van der Waals surface area (Å²) >= 11 is 0. The molecule has 0 radical (unpaired) electrons. The lowest BCUT2D eigenvalue weighted by Gasteiger charge is -2.22. The number of hydrogen-bond acceptors (Lipinski definition) is 5. The number of aliphatic imine (C=N–C) groups is 2. The first-order chi connectivity index (χ1) is 29.2. The van der Waals surface area contributed by atoms with Crippen LogP contribution < -0.4 is 5.32 Å². The van der Waals surface area contributed by atoms with Gasteiger partial charge in [0.25, 0.3) is 0 Å². The van der Waals surface area contributed by atoms with E-state index in [1.807, 2.05) is 48.5 Å². The zero-order valence-electron chi connectivity index (χ0n) is 32.1. The second-order valence-corrected chi connectivity index (χ2v) is 15.6. The SMILES string of the molecule is c1ccc(C2=NC(c3cccc4oc5ccc(-c6ccc7c(c6)-c6ccc8c(oc9ccccc98)c6CCC7c6ccccc6)cc5c34)N=C(c3ccccc3)N2)cc1. The number of para-hydroxylation sites is 1. The van der Waals surface area contributed by atoms with Crippen LogP contribution in [-0.4, -0.2) is 11.7 Å². The molecule has 2 aromatic heterocycles. The zero-order chi connectivity index (χ0) is 38.9. The first-order valence-corrected chi connectivity index (χ1v) is 20.3. The molecule has 59 heavy (non-hydrogen) atoms. The van der Waals surface area contributed by atoms with Gasteiger partial charge in [-0.05, 0) is 82.6 Å². The molecule has 0 spiro atoms. The molecule has 280 valence electrons. The van der Waals surface area contributed by atoms with E-state index in [1.54, 1.807) is 0 Å². The second kappa shape index (κ2) is 13.6. The van der Waals surface area contributed by atoms with Crippen LogP contribution in [0.25, 0.3) is 66.1 Å². The first-order valence-electron chi connectivity index (χ1n) is 20.3. The molecule has 5 nitrogen and oxygen atoms in total. The number of amidine groups is 2. The van der Waals surface area contributed by atoms with E-state index < -0.39 is 6.17 Å². The first kappa shape index (κ1) is 33.6. The van der Waals surface area contributed by atoms with Crippen LogP contribution in [0.2, 0.25) is 0 Å². The fourth-order valence-electron chi connectivity index (χ4n) is 9.42. The van der Waals surface area contributed by atoms with Crippen molar-refractivity contribution in [2.24, 2.45) is 9.98 Å². The van der Waals surface area contributed by atoms with E-state index in [1.165, 1.54) is 33.2 Å². The van der Waals surface area contributed by atoms with E-state index in [9.17, 15) is 0 Å². The standard InChI is InChI=1S/C54H37N3O2/c1-4-13-33(14-5-1)38-26-28-42-40(27-29-43-41-19-10-11-21-47(41)59-51(42)43)45-31-36(23-25-39(38)45)37-24-30-48-46(32-37)50-44(20-12-22-49(50)58-48)54-56-52(34-15-6-2-7-16-34)55-53(57-54)35-17-8-3-9-18-35/h1-25,27,29-32,38,54H,26,28H2,(H,55,56,57). The van der Waals surface area contributed by atoms with Crippen molar-refractivity contribution in [3.05, 3.63) is 215 Å². The molecular weight excluding hydrogens is 723 g/mol. The lowest BCUT2D eigenvalue weighted by atomic mass is 9.84. The number of nitrogens with zero attached hydrogens (tertiary/aromatic N) is 2. The maximum Gasteiger partial charge on any atom is 0.170 e. The van der Waals surface area contributed by atoms with Crippen molar-refractivity contribution in [3.8, 4) is 22.3 Å². The Bertz CT molecular complexity index is 3250. The van der Waals surface area contributed by atoms with Gasteiger partial charge in [-0.25, -0.2) is 9.98 Å². The smallest absolute Gasteiger partial charge is 0.170 e. The third-order valence-electron chi connectivity index (χ3n) is 12.2. The summed E-state index contributed by atoms with van der Waals surface area (Å²) in [7, 11) is 0. The minimum atomic E-state index is -0.483. The molecule has 8 aromatic carbocycles. The van der Waals surface area contributed by atoms with Gasteiger partial charge >= 0.3 is 0 Å². The number of hydrogen-bond donors (Lipinski definition) is 1.